The molecular formula is C37H40N2O3. The largest absolute Gasteiger partial charge is 0.465 e. The fourth-order valence-corrected chi connectivity index (χ4v) is 6.52. The summed E-state index contributed by atoms with van der Waals surface area (Å²) in [4.78, 5) is 29.8. The lowest BCUT2D eigenvalue weighted by Gasteiger charge is -2.40. The average molecular weight is 561 g/mol. The van der Waals surface area contributed by atoms with Gasteiger partial charge < -0.3 is 4.74 Å². The van der Waals surface area contributed by atoms with E-state index in [-0.39, 0.29) is 36.4 Å². The Morgan fingerprint density at radius 1 is 0.738 bits per heavy atom. The van der Waals surface area contributed by atoms with E-state index in [4.69, 9.17) is 4.74 Å². The SMILES string of the molecule is CCOC(=O)[C@@H]1N[C@H](c2ccccc2)[C@H](C(C)=O)[C@H]1[C@H](Cc1ccccc1)N(Cc1ccccc1)Cc1ccccc1. The highest BCUT2D eigenvalue weighted by molar-refractivity contribution is 5.84. The van der Waals surface area contributed by atoms with Crippen LogP contribution < -0.4 is 5.32 Å². The molecule has 0 radical (unpaired) electrons. The molecule has 5 nitrogen and oxygen atoms in total. The molecule has 216 valence electrons. The quantitative estimate of drug-likeness (QED) is 0.203. The van der Waals surface area contributed by atoms with Gasteiger partial charge in [0, 0.05) is 37.0 Å². The van der Waals surface area contributed by atoms with Crippen LogP contribution in [0.5, 0.6) is 0 Å². The molecule has 1 heterocycles. The van der Waals surface area contributed by atoms with Crippen LogP contribution in [0.2, 0.25) is 0 Å². The van der Waals surface area contributed by atoms with E-state index in [1.165, 1.54) is 16.7 Å². The van der Waals surface area contributed by atoms with Gasteiger partial charge in [0.1, 0.15) is 11.8 Å². The van der Waals surface area contributed by atoms with Crippen molar-refractivity contribution in [3.63, 3.8) is 0 Å². The number of rotatable bonds is 12. The van der Waals surface area contributed by atoms with Crippen molar-refractivity contribution in [3.8, 4) is 0 Å². The first kappa shape index (κ1) is 29.4. The van der Waals surface area contributed by atoms with Crippen molar-refractivity contribution in [2.45, 2.75) is 51.5 Å². The Morgan fingerprint density at radius 3 is 1.69 bits per heavy atom. The molecule has 0 spiro atoms. The van der Waals surface area contributed by atoms with E-state index in [9.17, 15) is 9.59 Å². The van der Waals surface area contributed by atoms with Crippen LogP contribution >= 0.6 is 0 Å². The summed E-state index contributed by atoms with van der Waals surface area (Å²) >= 11 is 0. The van der Waals surface area contributed by atoms with Gasteiger partial charge in [0.15, 0.2) is 0 Å². The van der Waals surface area contributed by atoms with Crippen LogP contribution in [-0.4, -0.2) is 35.3 Å². The number of esters is 1. The standard InChI is InChI=1S/C37H40N2O3/c1-3-42-37(41)36-34(33(27(2)40)35(38-36)31-22-14-7-15-23-31)32(24-28-16-8-4-9-17-28)39(25-29-18-10-5-11-19-29)26-30-20-12-6-13-21-30/h4-23,32-36,38H,3,24-26H2,1-2H3/t32-,33+,34+,35+,36+/m0/s1. The molecule has 0 saturated carbocycles. The molecule has 1 fully saturated rings. The minimum Gasteiger partial charge on any atom is -0.465 e. The minimum atomic E-state index is -0.633. The Bertz CT molecular complexity index is 1370. The predicted octanol–water partition coefficient (Wildman–Crippen LogP) is 6.40. The fraction of sp³-hybridized carbons (Fsp3) is 0.297. The van der Waals surface area contributed by atoms with E-state index in [0.29, 0.717) is 19.5 Å². The highest BCUT2D eigenvalue weighted by atomic mass is 16.5. The molecule has 42 heavy (non-hydrogen) atoms. The van der Waals surface area contributed by atoms with Crippen molar-refractivity contribution in [2.24, 2.45) is 11.8 Å². The molecule has 0 amide bonds. The molecule has 1 N–H and O–H groups in total. The fourth-order valence-electron chi connectivity index (χ4n) is 6.52. The normalized spacial score (nSPS) is 20.7. The van der Waals surface area contributed by atoms with Crippen molar-refractivity contribution < 1.29 is 14.3 Å². The zero-order valence-corrected chi connectivity index (χ0v) is 24.4. The molecule has 5 rings (SSSR count). The maximum absolute atomic E-state index is 13.7. The molecule has 5 heteroatoms. The Kier molecular flexibility index (Phi) is 9.96. The molecule has 1 aliphatic rings. The Morgan fingerprint density at radius 2 is 1.21 bits per heavy atom. The lowest BCUT2D eigenvalue weighted by Crippen LogP contribution is -2.51. The first-order valence-electron chi connectivity index (χ1n) is 14.9. The lowest BCUT2D eigenvalue weighted by atomic mass is 9.75. The lowest BCUT2D eigenvalue weighted by molar-refractivity contribution is -0.147. The number of carbonyl (C=O) groups is 2. The molecular weight excluding hydrogens is 520 g/mol. The number of ketones is 1. The van der Waals surface area contributed by atoms with Crippen molar-refractivity contribution in [3.05, 3.63) is 144 Å². The minimum absolute atomic E-state index is 0.0746. The highest BCUT2D eigenvalue weighted by Gasteiger charge is 2.53. The van der Waals surface area contributed by atoms with Crippen LogP contribution in [0.1, 0.15) is 42.1 Å². The van der Waals surface area contributed by atoms with E-state index in [0.717, 1.165) is 5.56 Å². The summed E-state index contributed by atoms with van der Waals surface area (Å²) < 4.78 is 5.65. The summed E-state index contributed by atoms with van der Waals surface area (Å²) in [5.41, 5.74) is 4.54. The summed E-state index contributed by atoms with van der Waals surface area (Å²) in [5, 5.41) is 3.60. The van der Waals surface area contributed by atoms with Crippen molar-refractivity contribution in [1.82, 2.24) is 10.2 Å². The molecule has 4 aromatic rings. The zero-order valence-electron chi connectivity index (χ0n) is 24.4. The molecule has 0 bridgehead atoms. The summed E-state index contributed by atoms with van der Waals surface area (Å²) in [6, 6.07) is 40.2. The summed E-state index contributed by atoms with van der Waals surface area (Å²) in [5.74, 6) is -0.959. The van der Waals surface area contributed by atoms with Gasteiger partial charge in [0.25, 0.3) is 0 Å². The van der Waals surface area contributed by atoms with Crippen LogP contribution in [0.15, 0.2) is 121 Å². The third-order valence-corrected chi connectivity index (χ3v) is 8.34. The summed E-state index contributed by atoms with van der Waals surface area (Å²) in [6.07, 6.45) is 0.689. The van der Waals surface area contributed by atoms with E-state index in [1.54, 1.807) is 6.92 Å². The monoisotopic (exact) mass is 560 g/mol. The number of carbonyl (C=O) groups excluding carboxylic acids is 2. The van der Waals surface area contributed by atoms with E-state index >= 15 is 0 Å². The Labute approximate surface area is 249 Å². The van der Waals surface area contributed by atoms with Crippen LogP contribution in [-0.2, 0) is 33.8 Å². The van der Waals surface area contributed by atoms with Gasteiger partial charge in [-0.3, -0.25) is 19.8 Å². The number of benzene rings is 4. The van der Waals surface area contributed by atoms with Gasteiger partial charge in [-0.15, -0.1) is 0 Å². The van der Waals surface area contributed by atoms with Crippen LogP contribution in [0.3, 0.4) is 0 Å². The number of Topliss-reactive ketones (excluding diaryl/α,β-unsaturated/α-hetero) is 1. The van der Waals surface area contributed by atoms with Gasteiger partial charge in [0.05, 0.1) is 6.61 Å². The molecule has 0 aliphatic carbocycles. The first-order chi connectivity index (χ1) is 20.5. The number of ether oxygens (including phenoxy) is 1. The molecule has 1 aliphatic heterocycles. The zero-order chi connectivity index (χ0) is 29.3. The van der Waals surface area contributed by atoms with Crippen molar-refractivity contribution in [1.29, 1.82) is 0 Å². The van der Waals surface area contributed by atoms with Crippen molar-refractivity contribution in [2.75, 3.05) is 6.61 Å². The van der Waals surface area contributed by atoms with Crippen LogP contribution in [0.4, 0.5) is 0 Å². The van der Waals surface area contributed by atoms with E-state index < -0.39 is 12.0 Å². The second-order valence-electron chi connectivity index (χ2n) is 11.1. The summed E-state index contributed by atoms with van der Waals surface area (Å²) in [6.45, 7) is 5.14. The predicted molar refractivity (Wildman–Crippen MR) is 166 cm³/mol. The van der Waals surface area contributed by atoms with Gasteiger partial charge in [-0.2, -0.15) is 0 Å². The van der Waals surface area contributed by atoms with Gasteiger partial charge in [-0.1, -0.05) is 121 Å². The van der Waals surface area contributed by atoms with Crippen LogP contribution in [0.25, 0.3) is 0 Å². The molecule has 4 aromatic carbocycles. The average Bonchev–Trinajstić information content (AvgIpc) is 3.43. The number of hydrogen-bond acceptors (Lipinski definition) is 5. The molecule has 0 unspecified atom stereocenters. The smallest absolute Gasteiger partial charge is 0.323 e. The third kappa shape index (κ3) is 7.04. The Balaban J connectivity index is 1.65. The third-order valence-electron chi connectivity index (χ3n) is 8.34. The maximum atomic E-state index is 13.7. The second-order valence-corrected chi connectivity index (χ2v) is 11.1. The number of hydrogen-bond donors (Lipinski definition) is 1. The Hall–Kier alpha value is -4.06. The number of nitrogens with one attached hydrogen (secondary N) is 1. The summed E-state index contributed by atoms with van der Waals surface area (Å²) in [7, 11) is 0. The van der Waals surface area contributed by atoms with E-state index in [1.807, 2.05) is 55.5 Å². The van der Waals surface area contributed by atoms with Gasteiger partial charge in [-0.25, -0.2) is 0 Å². The van der Waals surface area contributed by atoms with E-state index in [2.05, 4.69) is 83.0 Å². The second kappa shape index (κ2) is 14.2. The van der Waals surface area contributed by atoms with Gasteiger partial charge in [0.2, 0.25) is 0 Å². The van der Waals surface area contributed by atoms with Crippen LogP contribution in [0, 0.1) is 11.8 Å². The van der Waals surface area contributed by atoms with Gasteiger partial charge >= 0.3 is 5.97 Å². The maximum Gasteiger partial charge on any atom is 0.323 e. The highest BCUT2D eigenvalue weighted by Crippen LogP contribution is 2.43. The molecule has 1 saturated heterocycles. The topological polar surface area (TPSA) is 58.6 Å². The molecule has 5 atom stereocenters. The van der Waals surface area contributed by atoms with Gasteiger partial charge in [-0.05, 0) is 42.5 Å². The first-order valence-corrected chi connectivity index (χ1v) is 14.9. The van der Waals surface area contributed by atoms with Crippen molar-refractivity contribution >= 4 is 11.8 Å². The number of nitrogens with zero attached hydrogens (tertiary/aromatic N) is 1. The molecule has 0 aromatic heterocycles.